The summed E-state index contributed by atoms with van der Waals surface area (Å²) in [6.07, 6.45) is 1.60. The fourth-order valence-corrected chi connectivity index (χ4v) is 1.86. The second-order valence-electron chi connectivity index (χ2n) is 5.02. The number of nitrogens with one attached hydrogen (secondary N) is 1. The zero-order valence-corrected chi connectivity index (χ0v) is 11.6. The van der Waals surface area contributed by atoms with Crippen molar-refractivity contribution in [3.8, 4) is 0 Å². The molecule has 4 nitrogen and oxygen atoms in total. The zero-order chi connectivity index (χ0) is 13.8. The number of nitrogens with zero attached hydrogens (tertiary/aromatic N) is 2. The molecule has 1 aromatic carbocycles. The number of benzene rings is 1. The quantitative estimate of drug-likeness (QED) is 0.823. The fraction of sp³-hybridized carbons (Fsp3) is 0.333. The monoisotopic (exact) mass is 256 g/mol. The number of nitrogen functional groups attached to an aromatic ring is 1. The molecule has 1 heterocycles. The summed E-state index contributed by atoms with van der Waals surface area (Å²) in [5.74, 6) is 1.25. The van der Waals surface area contributed by atoms with E-state index in [2.05, 4.69) is 36.1 Å². The first-order chi connectivity index (χ1) is 9.06. The van der Waals surface area contributed by atoms with E-state index in [1.165, 1.54) is 5.56 Å². The van der Waals surface area contributed by atoms with Crippen LogP contribution in [0.3, 0.4) is 0 Å². The van der Waals surface area contributed by atoms with Crippen LogP contribution >= 0.6 is 0 Å². The van der Waals surface area contributed by atoms with Crippen LogP contribution in [0.2, 0.25) is 0 Å². The summed E-state index contributed by atoms with van der Waals surface area (Å²) >= 11 is 0. The molecule has 2 rings (SSSR count). The van der Waals surface area contributed by atoms with Gasteiger partial charge in [-0.2, -0.15) is 0 Å². The minimum atomic E-state index is 0.176. The van der Waals surface area contributed by atoms with Crippen LogP contribution in [0.5, 0.6) is 0 Å². The topological polar surface area (TPSA) is 63.8 Å². The summed E-state index contributed by atoms with van der Waals surface area (Å²) in [6.45, 7) is 6.34. The first-order valence-corrected chi connectivity index (χ1v) is 6.50. The van der Waals surface area contributed by atoms with Gasteiger partial charge in [0.15, 0.2) is 0 Å². The molecule has 0 bridgehead atoms. The van der Waals surface area contributed by atoms with E-state index in [1.54, 1.807) is 6.33 Å². The molecule has 0 amide bonds. The molecule has 0 aliphatic rings. The summed E-state index contributed by atoms with van der Waals surface area (Å²) in [7, 11) is 0. The Morgan fingerprint density at radius 1 is 1.05 bits per heavy atom. The van der Waals surface area contributed by atoms with Gasteiger partial charge in [-0.05, 0) is 30.5 Å². The van der Waals surface area contributed by atoms with Gasteiger partial charge in [0, 0.05) is 23.5 Å². The first-order valence-electron chi connectivity index (χ1n) is 6.50. The van der Waals surface area contributed by atoms with E-state index in [-0.39, 0.29) is 6.04 Å². The normalized spacial score (nSPS) is 12.4. The van der Waals surface area contributed by atoms with E-state index >= 15 is 0 Å². The molecular formula is C15H20N4. The van der Waals surface area contributed by atoms with Gasteiger partial charge in [0.2, 0.25) is 0 Å². The average molecular weight is 256 g/mol. The number of anilines is 2. The predicted octanol–water partition coefficient (Wildman–Crippen LogP) is 3.36. The lowest BCUT2D eigenvalue weighted by Crippen LogP contribution is -2.09. The molecule has 1 atom stereocenters. The van der Waals surface area contributed by atoms with Crippen LogP contribution in [0.15, 0.2) is 36.7 Å². The molecule has 100 valence electrons. The molecule has 0 aliphatic carbocycles. The summed E-state index contributed by atoms with van der Waals surface area (Å²) in [5.41, 5.74) is 8.69. The maximum absolute atomic E-state index is 5.69. The van der Waals surface area contributed by atoms with Gasteiger partial charge in [0.1, 0.15) is 12.1 Å². The minimum Gasteiger partial charge on any atom is -0.399 e. The van der Waals surface area contributed by atoms with Crippen LogP contribution in [0.1, 0.15) is 44.0 Å². The van der Waals surface area contributed by atoms with Gasteiger partial charge in [0.05, 0.1) is 0 Å². The molecule has 0 aliphatic heterocycles. The van der Waals surface area contributed by atoms with Crippen molar-refractivity contribution in [2.24, 2.45) is 0 Å². The molecule has 0 saturated heterocycles. The molecule has 0 saturated carbocycles. The predicted molar refractivity (Wildman–Crippen MR) is 79.0 cm³/mol. The molecule has 0 fully saturated rings. The Morgan fingerprint density at radius 3 is 2.37 bits per heavy atom. The lowest BCUT2D eigenvalue weighted by Gasteiger charge is -2.16. The zero-order valence-electron chi connectivity index (χ0n) is 11.6. The molecule has 1 unspecified atom stereocenters. The standard InChI is InChI=1S/C15H20N4/c1-10(2)14-8-15(18-9-17-14)19-11(3)12-4-6-13(16)7-5-12/h4-11H,16H2,1-3H3,(H,17,18,19). The molecule has 4 heteroatoms. The Hall–Kier alpha value is -2.10. The van der Waals surface area contributed by atoms with E-state index in [0.29, 0.717) is 5.92 Å². The van der Waals surface area contributed by atoms with E-state index in [0.717, 1.165) is 17.2 Å². The number of nitrogens with two attached hydrogens (primary N) is 1. The van der Waals surface area contributed by atoms with Crippen molar-refractivity contribution < 1.29 is 0 Å². The smallest absolute Gasteiger partial charge is 0.130 e. The van der Waals surface area contributed by atoms with Crippen LogP contribution in [0.4, 0.5) is 11.5 Å². The summed E-state index contributed by atoms with van der Waals surface area (Å²) in [5, 5.41) is 3.38. The minimum absolute atomic E-state index is 0.176. The van der Waals surface area contributed by atoms with Gasteiger partial charge in [-0.3, -0.25) is 0 Å². The van der Waals surface area contributed by atoms with Gasteiger partial charge < -0.3 is 11.1 Å². The van der Waals surface area contributed by atoms with Crippen LogP contribution in [0, 0.1) is 0 Å². The third-order valence-electron chi connectivity index (χ3n) is 3.08. The summed E-state index contributed by atoms with van der Waals surface area (Å²) in [6, 6.07) is 10.0. The first kappa shape index (κ1) is 13.3. The average Bonchev–Trinajstić information content (AvgIpc) is 2.39. The van der Waals surface area contributed by atoms with E-state index < -0.39 is 0 Å². The number of hydrogen-bond donors (Lipinski definition) is 2. The molecule has 0 spiro atoms. The van der Waals surface area contributed by atoms with Crippen molar-refractivity contribution >= 4 is 11.5 Å². The van der Waals surface area contributed by atoms with Crippen molar-refractivity contribution in [3.63, 3.8) is 0 Å². The third kappa shape index (κ3) is 3.44. The Balaban J connectivity index is 2.12. The molecule has 2 aromatic rings. The maximum atomic E-state index is 5.69. The second-order valence-corrected chi connectivity index (χ2v) is 5.02. The van der Waals surface area contributed by atoms with Crippen LogP contribution in [-0.4, -0.2) is 9.97 Å². The van der Waals surface area contributed by atoms with Gasteiger partial charge in [-0.25, -0.2) is 9.97 Å². The second kappa shape index (κ2) is 5.69. The molecular weight excluding hydrogens is 236 g/mol. The Labute approximate surface area is 114 Å². The molecule has 19 heavy (non-hydrogen) atoms. The number of hydrogen-bond acceptors (Lipinski definition) is 4. The van der Waals surface area contributed by atoms with Gasteiger partial charge in [0.25, 0.3) is 0 Å². The highest BCUT2D eigenvalue weighted by atomic mass is 15.0. The Morgan fingerprint density at radius 2 is 1.74 bits per heavy atom. The Bertz CT molecular complexity index is 534. The van der Waals surface area contributed by atoms with Gasteiger partial charge in [-0.1, -0.05) is 26.0 Å². The third-order valence-corrected chi connectivity index (χ3v) is 3.08. The van der Waals surface area contributed by atoms with E-state index in [9.17, 15) is 0 Å². The Kier molecular flexibility index (Phi) is 4.00. The van der Waals surface area contributed by atoms with Crippen LogP contribution < -0.4 is 11.1 Å². The maximum Gasteiger partial charge on any atom is 0.130 e. The van der Waals surface area contributed by atoms with E-state index in [4.69, 9.17) is 5.73 Å². The molecule has 1 aromatic heterocycles. The summed E-state index contributed by atoms with van der Waals surface area (Å²) in [4.78, 5) is 8.52. The van der Waals surface area contributed by atoms with Crippen LogP contribution in [-0.2, 0) is 0 Å². The summed E-state index contributed by atoms with van der Waals surface area (Å²) < 4.78 is 0. The van der Waals surface area contributed by atoms with Crippen molar-refractivity contribution in [1.29, 1.82) is 0 Å². The van der Waals surface area contributed by atoms with Gasteiger partial charge in [-0.15, -0.1) is 0 Å². The van der Waals surface area contributed by atoms with E-state index in [1.807, 2.05) is 30.3 Å². The van der Waals surface area contributed by atoms with Crippen molar-refractivity contribution in [1.82, 2.24) is 9.97 Å². The molecule has 3 N–H and O–H groups in total. The SMILES string of the molecule is CC(C)c1cc(NC(C)c2ccc(N)cc2)ncn1. The van der Waals surface area contributed by atoms with Crippen molar-refractivity contribution in [2.75, 3.05) is 11.1 Å². The van der Waals surface area contributed by atoms with Crippen molar-refractivity contribution in [3.05, 3.63) is 47.9 Å². The fourth-order valence-electron chi connectivity index (χ4n) is 1.86. The van der Waals surface area contributed by atoms with Crippen molar-refractivity contribution in [2.45, 2.75) is 32.7 Å². The highest BCUT2D eigenvalue weighted by Crippen LogP contribution is 2.20. The van der Waals surface area contributed by atoms with Crippen LogP contribution in [0.25, 0.3) is 0 Å². The lowest BCUT2D eigenvalue weighted by atomic mass is 10.1. The number of rotatable bonds is 4. The number of aromatic nitrogens is 2. The largest absolute Gasteiger partial charge is 0.399 e. The lowest BCUT2D eigenvalue weighted by molar-refractivity contribution is 0.807. The highest BCUT2D eigenvalue weighted by molar-refractivity contribution is 5.43. The molecule has 0 radical (unpaired) electrons. The highest BCUT2D eigenvalue weighted by Gasteiger charge is 2.08. The van der Waals surface area contributed by atoms with Gasteiger partial charge >= 0.3 is 0 Å².